The maximum Gasteiger partial charge on any atom is 0.295 e. The van der Waals surface area contributed by atoms with E-state index in [0.717, 1.165) is 34.3 Å². The SMILES string of the molecule is CCOc1ccc(/C=C2/SC(=O)N(CNc3ccc(C)cc3C)C2=O)cc1. The monoisotopic (exact) mass is 382 g/mol. The van der Waals surface area contributed by atoms with Gasteiger partial charge in [-0.1, -0.05) is 29.8 Å². The molecular formula is C21H22N2O3S. The van der Waals surface area contributed by atoms with Gasteiger partial charge < -0.3 is 10.1 Å². The van der Waals surface area contributed by atoms with Crippen LogP contribution in [0.2, 0.25) is 0 Å². The van der Waals surface area contributed by atoms with Crippen molar-refractivity contribution in [1.82, 2.24) is 4.90 Å². The van der Waals surface area contributed by atoms with Crippen LogP contribution >= 0.6 is 11.8 Å². The molecule has 0 atom stereocenters. The van der Waals surface area contributed by atoms with Gasteiger partial charge in [0.1, 0.15) is 5.75 Å². The number of nitrogens with one attached hydrogen (secondary N) is 1. The second-order valence-electron chi connectivity index (χ2n) is 6.27. The number of carbonyl (C=O) groups excluding carboxylic acids is 2. The number of thioether (sulfide) groups is 1. The van der Waals surface area contributed by atoms with E-state index >= 15 is 0 Å². The number of nitrogens with zero attached hydrogens (tertiary/aromatic N) is 1. The number of carbonyl (C=O) groups is 2. The summed E-state index contributed by atoms with van der Waals surface area (Å²) in [6.07, 6.45) is 1.73. The summed E-state index contributed by atoms with van der Waals surface area (Å²) >= 11 is 0.960. The van der Waals surface area contributed by atoms with Crippen LogP contribution in [0, 0.1) is 13.8 Å². The summed E-state index contributed by atoms with van der Waals surface area (Å²) in [6.45, 7) is 6.70. The number of hydrogen-bond donors (Lipinski definition) is 1. The molecule has 1 heterocycles. The molecule has 2 aromatic rings. The van der Waals surface area contributed by atoms with Crippen LogP contribution in [0.3, 0.4) is 0 Å². The highest BCUT2D eigenvalue weighted by Crippen LogP contribution is 2.32. The average molecular weight is 382 g/mol. The van der Waals surface area contributed by atoms with Crippen LogP contribution in [0.1, 0.15) is 23.6 Å². The molecule has 1 saturated heterocycles. The molecular weight excluding hydrogens is 360 g/mol. The van der Waals surface area contributed by atoms with Crippen LogP contribution in [0.4, 0.5) is 10.5 Å². The predicted octanol–water partition coefficient (Wildman–Crippen LogP) is 4.81. The first-order chi connectivity index (χ1) is 13.0. The van der Waals surface area contributed by atoms with Crippen LogP contribution in [0.15, 0.2) is 47.4 Å². The van der Waals surface area contributed by atoms with E-state index in [0.29, 0.717) is 11.5 Å². The lowest BCUT2D eigenvalue weighted by atomic mass is 10.1. The van der Waals surface area contributed by atoms with Crippen molar-refractivity contribution in [2.45, 2.75) is 20.8 Å². The summed E-state index contributed by atoms with van der Waals surface area (Å²) in [7, 11) is 0. The number of benzene rings is 2. The number of amides is 2. The Labute approximate surface area is 163 Å². The average Bonchev–Trinajstić information content (AvgIpc) is 2.90. The van der Waals surface area contributed by atoms with Crippen molar-refractivity contribution in [3.63, 3.8) is 0 Å². The Morgan fingerprint density at radius 1 is 1.11 bits per heavy atom. The normalized spacial score (nSPS) is 15.5. The molecule has 2 amide bonds. The highest BCUT2D eigenvalue weighted by Gasteiger charge is 2.34. The van der Waals surface area contributed by atoms with Crippen LogP contribution < -0.4 is 10.1 Å². The van der Waals surface area contributed by atoms with Gasteiger partial charge in [-0.3, -0.25) is 14.5 Å². The van der Waals surface area contributed by atoms with Crippen molar-refractivity contribution in [2.75, 3.05) is 18.6 Å². The van der Waals surface area contributed by atoms with E-state index < -0.39 is 0 Å². The molecule has 1 fully saturated rings. The number of ether oxygens (including phenoxy) is 1. The maximum atomic E-state index is 12.6. The van der Waals surface area contributed by atoms with Crippen LogP contribution in [-0.4, -0.2) is 29.3 Å². The Morgan fingerprint density at radius 3 is 2.52 bits per heavy atom. The first kappa shape index (κ1) is 19.0. The standard InChI is InChI=1S/C21H22N2O3S/c1-4-26-17-8-6-16(7-9-17)12-19-20(24)23(21(25)27-19)13-22-18-10-5-14(2)11-15(18)3/h5-12,22H,4,13H2,1-3H3/b19-12+. The van der Waals surface area contributed by atoms with E-state index in [9.17, 15) is 9.59 Å². The fourth-order valence-electron chi connectivity index (χ4n) is 2.79. The Balaban J connectivity index is 1.68. The van der Waals surface area contributed by atoms with Gasteiger partial charge in [0.2, 0.25) is 0 Å². The summed E-state index contributed by atoms with van der Waals surface area (Å²) in [5.74, 6) is 0.497. The molecule has 1 aliphatic rings. The molecule has 6 heteroatoms. The molecule has 0 bridgehead atoms. The lowest BCUT2D eigenvalue weighted by Gasteiger charge is -2.16. The van der Waals surface area contributed by atoms with Crippen molar-refractivity contribution >= 4 is 34.7 Å². The van der Waals surface area contributed by atoms with Crippen molar-refractivity contribution in [3.05, 3.63) is 64.1 Å². The lowest BCUT2D eigenvalue weighted by Crippen LogP contribution is -2.33. The third-order valence-electron chi connectivity index (χ3n) is 4.17. The second kappa shape index (κ2) is 8.31. The van der Waals surface area contributed by atoms with Crippen molar-refractivity contribution in [2.24, 2.45) is 0 Å². The third-order valence-corrected chi connectivity index (χ3v) is 5.08. The molecule has 1 aliphatic heterocycles. The van der Waals surface area contributed by atoms with E-state index in [1.54, 1.807) is 6.08 Å². The minimum Gasteiger partial charge on any atom is -0.494 e. The molecule has 27 heavy (non-hydrogen) atoms. The van der Waals surface area contributed by atoms with E-state index in [4.69, 9.17) is 4.74 Å². The molecule has 2 aromatic carbocycles. The van der Waals surface area contributed by atoms with Gasteiger partial charge in [-0.2, -0.15) is 0 Å². The fourth-order valence-corrected chi connectivity index (χ4v) is 3.63. The molecule has 0 aromatic heterocycles. The summed E-state index contributed by atoms with van der Waals surface area (Å²) in [5, 5.41) is 2.91. The zero-order valence-electron chi connectivity index (χ0n) is 15.6. The van der Waals surface area contributed by atoms with E-state index in [-0.39, 0.29) is 17.8 Å². The minimum atomic E-state index is -0.281. The van der Waals surface area contributed by atoms with Gasteiger partial charge in [0.15, 0.2) is 0 Å². The third kappa shape index (κ3) is 4.52. The van der Waals surface area contributed by atoms with Gasteiger partial charge in [-0.05, 0) is 67.9 Å². The van der Waals surface area contributed by atoms with Crippen LogP contribution in [0.25, 0.3) is 6.08 Å². The largest absolute Gasteiger partial charge is 0.494 e. The Bertz CT molecular complexity index is 891. The molecule has 140 valence electrons. The summed E-state index contributed by atoms with van der Waals surface area (Å²) in [6, 6.07) is 13.4. The van der Waals surface area contributed by atoms with Crippen molar-refractivity contribution < 1.29 is 14.3 Å². The van der Waals surface area contributed by atoms with Gasteiger partial charge in [0.05, 0.1) is 18.2 Å². The van der Waals surface area contributed by atoms with Crippen molar-refractivity contribution in [3.8, 4) is 5.75 Å². The van der Waals surface area contributed by atoms with Crippen molar-refractivity contribution in [1.29, 1.82) is 0 Å². The lowest BCUT2D eigenvalue weighted by molar-refractivity contribution is -0.122. The molecule has 3 rings (SSSR count). The molecule has 0 saturated carbocycles. The zero-order valence-corrected chi connectivity index (χ0v) is 16.4. The molecule has 0 aliphatic carbocycles. The highest BCUT2D eigenvalue weighted by molar-refractivity contribution is 8.18. The molecule has 1 N–H and O–H groups in total. The minimum absolute atomic E-state index is 0.148. The Morgan fingerprint density at radius 2 is 1.85 bits per heavy atom. The van der Waals surface area contributed by atoms with Crippen LogP contribution in [-0.2, 0) is 4.79 Å². The first-order valence-corrected chi connectivity index (χ1v) is 9.59. The fraction of sp³-hybridized carbons (Fsp3) is 0.238. The summed E-state index contributed by atoms with van der Waals surface area (Å²) in [5.41, 5.74) is 4.01. The van der Waals surface area contributed by atoms with Gasteiger partial charge in [0.25, 0.3) is 11.1 Å². The number of hydrogen-bond acceptors (Lipinski definition) is 5. The highest BCUT2D eigenvalue weighted by atomic mass is 32.2. The number of anilines is 1. The topological polar surface area (TPSA) is 58.6 Å². The molecule has 0 radical (unpaired) electrons. The van der Waals surface area contributed by atoms with Crippen LogP contribution in [0.5, 0.6) is 5.75 Å². The molecule has 0 unspecified atom stereocenters. The summed E-state index contributed by atoms with van der Waals surface area (Å²) < 4.78 is 5.41. The van der Waals surface area contributed by atoms with E-state index in [1.165, 1.54) is 10.5 Å². The number of aryl methyl sites for hydroxylation is 2. The zero-order chi connectivity index (χ0) is 19.4. The maximum absolute atomic E-state index is 12.6. The Hall–Kier alpha value is -2.73. The van der Waals surface area contributed by atoms with E-state index in [2.05, 4.69) is 11.4 Å². The smallest absolute Gasteiger partial charge is 0.295 e. The summed E-state index contributed by atoms with van der Waals surface area (Å²) in [4.78, 5) is 26.5. The quantitative estimate of drug-likeness (QED) is 0.727. The van der Waals surface area contributed by atoms with Gasteiger partial charge >= 0.3 is 0 Å². The molecule has 5 nitrogen and oxygen atoms in total. The first-order valence-electron chi connectivity index (χ1n) is 8.77. The van der Waals surface area contributed by atoms with Gasteiger partial charge in [-0.25, -0.2) is 0 Å². The van der Waals surface area contributed by atoms with Gasteiger partial charge in [-0.15, -0.1) is 0 Å². The van der Waals surface area contributed by atoms with E-state index in [1.807, 2.05) is 57.2 Å². The number of rotatable bonds is 6. The Kier molecular flexibility index (Phi) is 5.86. The predicted molar refractivity (Wildman–Crippen MR) is 110 cm³/mol. The number of imide groups is 1. The second-order valence-corrected chi connectivity index (χ2v) is 7.26. The molecule has 0 spiro atoms. The van der Waals surface area contributed by atoms with Gasteiger partial charge in [0, 0.05) is 5.69 Å².